The van der Waals surface area contributed by atoms with E-state index in [0.29, 0.717) is 28.8 Å². The van der Waals surface area contributed by atoms with Gasteiger partial charge in [-0.15, -0.1) is 0 Å². The highest BCUT2D eigenvalue weighted by atomic mass is 32.2. The second-order valence-electron chi connectivity index (χ2n) is 8.10. The van der Waals surface area contributed by atoms with Crippen LogP contribution >= 0.6 is 11.8 Å². The van der Waals surface area contributed by atoms with Gasteiger partial charge in [0.2, 0.25) is 5.91 Å². The van der Waals surface area contributed by atoms with E-state index in [1.54, 1.807) is 12.1 Å². The van der Waals surface area contributed by atoms with Crippen molar-refractivity contribution in [1.29, 1.82) is 0 Å². The molecule has 8 heteroatoms. The number of Topliss-reactive ketones (excluding diaryl/α,β-unsaturated/α-hetero) is 1. The molecule has 1 unspecified atom stereocenters. The van der Waals surface area contributed by atoms with Gasteiger partial charge in [0.05, 0.1) is 17.9 Å². The number of amides is 2. The van der Waals surface area contributed by atoms with E-state index in [4.69, 9.17) is 0 Å². The Bertz CT molecular complexity index is 1340. The normalized spacial score (nSPS) is 16.2. The average Bonchev–Trinajstić information content (AvgIpc) is 3.23. The third-order valence-corrected chi connectivity index (χ3v) is 6.63. The fourth-order valence-electron chi connectivity index (χ4n) is 3.91. The maximum absolute atomic E-state index is 13.3. The Morgan fingerprint density at radius 3 is 2.37 bits per heavy atom. The monoisotopic (exact) mass is 482 g/mol. The van der Waals surface area contributed by atoms with Crippen LogP contribution in [0.4, 0.5) is 5.69 Å². The van der Waals surface area contributed by atoms with E-state index in [1.165, 1.54) is 16.7 Å². The molecule has 1 N–H and O–H groups in total. The second-order valence-corrected chi connectivity index (χ2v) is 9.04. The molecule has 0 fully saturated rings. The zero-order valence-electron chi connectivity index (χ0n) is 18.8. The van der Waals surface area contributed by atoms with Crippen LogP contribution in [0.5, 0.6) is 0 Å². The van der Waals surface area contributed by atoms with Crippen molar-refractivity contribution in [1.82, 2.24) is 10.2 Å². The fraction of sp³-hybridized carbons (Fsp3) is 0.148. The molecule has 2 aliphatic heterocycles. The highest BCUT2D eigenvalue weighted by Crippen LogP contribution is 2.34. The molecule has 0 bridgehead atoms. The van der Waals surface area contributed by atoms with E-state index in [2.05, 4.69) is 15.3 Å². The van der Waals surface area contributed by atoms with E-state index in [0.717, 1.165) is 11.1 Å². The van der Waals surface area contributed by atoms with Gasteiger partial charge in [0.15, 0.2) is 11.0 Å². The van der Waals surface area contributed by atoms with E-state index in [1.807, 2.05) is 72.8 Å². The Hall–Kier alpha value is -4.04. The number of nitrogens with one attached hydrogen (secondary N) is 1. The summed E-state index contributed by atoms with van der Waals surface area (Å²) < 4.78 is 0. The van der Waals surface area contributed by atoms with Crippen LogP contribution in [-0.4, -0.2) is 45.3 Å². The van der Waals surface area contributed by atoms with Gasteiger partial charge in [-0.1, -0.05) is 84.6 Å². The first-order chi connectivity index (χ1) is 17.1. The summed E-state index contributed by atoms with van der Waals surface area (Å²) in [5.74, 6) is -0.0299. The molecule has 1 atom stereocenters. The van der Waals surface area contributed by atoms with Gasteiger partial charge in [-0.25, -0.2) is 9.89 Å². The molecule has 3 aromatic carbocycles. The van der Waals surface area contributed by atoms with Crippen LogP contribution in [0, 0.1) is 0 Å². The van der Waals surface area contributed by atoms with Gasteiger partial charge < -0.3 is 5.32 Å². The van der Waals surface area contributed by atoms with Gasteiger partial charge in [-0.05, 0) is 17.7 Å². The number of para-hydroxylation sites is 1. The number of hydrogen-bond acceptors (Lipinski definition) is 6. The first kappa shape index (κ1) is 22.7. The molecule has 2 aliphatic rings. The van der Waals surface area contributed by atoms with Gasteiger partial charge in [-0.2, -0.15) is 0 Å². The van der Waals surface area contributed by atoms with Crippen LogP contribution in [-0.2, 0) is 16.1 Å². The number of hydrogen-bond donors (Lipinski definition) is 1. The van der Waals surface area contributed by atoms with Crippen LogP contribution in [0.1, 0.15) is 27.9 Å². The number of rotatable bonds is 7. The molecule has 174 valence electrons. The minimum absolute atomic E-state index is 0.0564. The minimum atomic E-state index is -0.845. The van der Waals surface area contributed by atoms with Crippen molar-refractivity contribution < 1.29 is 14.4 Å². The second kappa shape index (κ2) is 10.1. The number of aliphatic imine (C=N–C) groups is 2. The maximum atomic E-state index is 13.3. The van der Waals surface area contributed by atoms with Gasteiger partial charge in [0.1, 0.15) is 11.9 Å². The Labute approximate surface area is 207 Å². The average molecular weight is 483 g/mol. The molecule has 3 aromatic rings. The highest BCUT2D eigenvalue weighted by molar-refractivity contribution is 8.14. The van der Waals surface area contributed by atoms with Crippen molar-refractivity contribution in [2.24, 2.45) is 9.98 Å². The lowest BCUT2D eigenvalue weighted by atomic mass is 10.1. The first-order valence-corrected chi connectivity index (χ1v) is 12.2. The Morgan fingerprint density at radius 2 is 1.60 bits per heavy atom. The van der Waals surface area contributed by atoms with Crippen molar-refractivity contribution >= 4 is 46.1 Å². The lowest BCUT2D eigenvalue weighted by Gasteiger charge is -2.25. The van der Waals surface area contributed by atoms with Crippen LogP contribution in [0.15, 0.2) is 94.9 Å². The third-order valence-electron chi connectivity index (χ3n) is 5.69. The number of carbonyl (C=O) groups is 3. The minimum Gasteiger partial charge on any atom is -0.352 e. The zero-order chi connectivity index (χ0) is 24.2. The topological polar surface area (TPSA) is 91.2 Å². The van der Waals surface area contributed by atoms with Gasteiger partial charge in [-0.3, -0.25) is 19.4 Å². The molecule has 0 aliphatic carbocycles. The van der Waals surface area contributed by atoms with Crippen molar-refractivity contribution in [3.63, 3.8) is 0 Å². The summed E-state index contributed by atoms with van der Waals surface area (Å²) in [7, 11) is 0. The molecule has 35 heavy (non-hydrogen) atoms. The van der Waals surface area contributed by atoms with Crippen LogP contribution in [0.3, 0.4) is 0 Å². The van der Waals surface area contributed by atoms with Crippen LogP contribution in [0.25, 0.3) is 0 Å². The SMILES string of the molecule is O=C(CC1N=C2c3ccccc3N=C(SCC(=O)c3ccccc3)N2C1=O)NCc1ccccc1. The zero-order valence-corrected chi connectivity index (χ0v) is 19.6. The smallest absolute Gasteiger partial charge is 0.259 e. The standard InChI is InChI=1S/C27H22N4O3S/c32-23(19-11-5-2-6-12-19)17-35-27-30-21-14-8-7-13-20(21)25-29-22(26(34)31(25)27)15-24(33)28-16-18-9-3-1-4-10-18/h1-14,22H,15-17H2,(H,28,33). The van der Waals surface area contributed by atoms with Crippen molar-refractivity contribution in [3.8, 4) is 0 Å². The van der Waals surface area contributed by atoms with Crippen LogP contribution < -0.4 is 5.32 Å². The molecule has 0 saturated carbocycles. The predicted octanol–water partition coefficient (Wildman–Crippen LogP) is 3.97. The summed E-state index contributed by atoms with van der Waals surface area (Å²) in [6, 6.07) is 25.2. The Morgan fingerprint density at radius 1 is 0.914 bits per heavy atom. The van der Waals surface area contributed by atoms with Gasteiger partial charge in [0, 0.05) is 17.7 Å². The summed E-state index contributed by atoms with van der Waals surface area (Å²) in [6.07, 6.45) is -0.0608. The first-order valence-electron chi connectivity index (χ1n) is 11.2. The van der Waals surface area contributed by atoms with Gasteiger partial charge in [0.25, 0.3) is 5.91 Å². The molecule has 7 nitrogen and oxygen atoms in total. The molecule has 0 spiro atoms. The summed E-state index contributed by atoms with van der Waals surface area (Å²) in [5.41, 5.74) is 2.99. The Kier molecular flexibility index (Phi) is 6.54. The van der Waals surface area contributed by atoms with Crippen molar-refractivity contribution in [3.05, 3.63) is 102 Å². The number of carbonyl (C=O) groups excluding carboxylic acids is 3. The number of benzene rings is 3. The van der Waals surface area contributed by atoms with E-state index >= 15 is 0 Å². The van der Waals surface area contributed by atoms with E-state index < -0.39 is 6.04 Å². The number of ketones is 1. The molecular formula is C27H22N4O3S. The number of fused-ring (bicyclic) bond motifs is 3. The van der Waals surface area contributed by atoms with Crippen molar-refractivity contribution in [2.45, 2.75) is 19.0 Å². The number of thioether (sulfide) groups is 1. The van der Waals surface area contributed by atoms with E-state index in [-0.39, 0.29) is 29.8 Å². The lowest BCUT2D eigenvalue weighted by molar-refractivity contribution is -0.128. The summed E-state index contributed by atoms with van der Waals surface area (Å²) in [4.78, 5) is 49.3. The summed E-state index contributed by atoms with van der Waals surface area (Å²) >= 11 is 1.20. The summed E-state index contributed by atoms with van der Waals surface area (Å²) in [5, 5.41) is 3.25. The molecule has 0 radical (unpaired) electrons. The predicted molar refractivity (Wildman–Crippen MR) is 137 cm³/mol. The molecule has 0 saturated heterocycles. The molecule has 5 rings (SSSR count). The summed E-state index contributed by atoms with van der Waals surface area (Å²) in [6.45, 7) is 0.383. The number of nitrogens with zero attached hydrogens (tertiary/aromatic N) is 3. The lowest BCUT2D eigenvalue weighted by Crippen LogP contribution is -2.42. The maximum Gasteiger partial charge on any atom is 0.259 e. The molecule has 0 aromatic heterocycles. The molecule has 2 amide bonds. The molecule has 2 heterocycles. The van der Waals surface area contributed by atoms with Gasteiger partial charge >= 0.3 is 0 Å². The third kappa shape index (κ3) is 4.93. The largest absolute Gasteiger partial charge is 0.352 e. The van der Waals surface area contributed by atoms with Crippen LogP contribution in [0.2, 0.25) is 0 Å². The van der Waals surface area contributed by atoms with E-state index in [9.17, 15) is 14.4 Å². The Balaban J connectivity index is 1.32. The molecular weight excluding hydrogens is 460 g/mol. The number of amidine groups is 2. The quantitative estimate of drug-likeness (QED) is 0.516. The fourth-order valence-corrected chi connectivity index (χ4v) is 4.81. The highest BCUT2D eigenvalue weighted by Gasteiger charge is 2.42. The van der Waals surface area contributed by atoms with Crippen molar-refractivity contribution in [2.75, 3.05) is 5.75 Å².